The van der Waals surface area contributed by atoms with Crippen LogP contribution in [0.25, 0.3) is 0 Å². The van der Waals surface area contributed by atoms with Gasteiger partial charge in [0.2, 0.25) is 0 Å². The number of rotatable bonds is 10. The van der Waals surface area contributed by atoms with Crippen LogP contribution in [0.5, 0.6) is 0 Å². The molecule has 1 fully saturated rings. The van der Waals surface area contributed by atoms with Crippen LogP contribution in [0.2, 0.25) is 0 Å². The summed E-state index contributed by atoms with van der Waals surface area (Å²) in [6, 6.07) is 29.8. The van der Waals surface area contributed by atoms with Crippen molar-refractivity contribution in [1.82, 2.24) is 14.5 Å². The zero-order chi connectivity index (χ0) is 30.4. The lowest BCUT2D eigenvalue weighted by Gasteiger charge is -2.50. The third kappa shape index (κ3) is 6.20. The number of aromatic amines is 1. The minimum absolute atomic E-state index is 0.147. The largest absolute Gasteiger partial charge is 0.481 e. The number of nitrogens with zero attached hydrogens (tertiary/aromatic N) is 2. The predicted octanol–water partition coefficient (Wildman–Crippen LogP) is 3.44. The quantitative estimate of drug-likeness (QED) is 0.215. The molecule has 1 saturated heterocycles. The van der Waals surface area contributed by atoms with Crippen molar-refractivity contribution < 1.29 is 24.2 Å². The first-order chi connectivity index (χ1) is 20.8. The van der Waals surface area contributed by atoms with E-state index in [1.807, 2.05) is 91.0 Å². The molecule has 0 spiro atoms. The summed E-state index contributed by atoms with van der Waals surface area (Å²) < 4.78 is 12.8. The Bertz CT molecular complexity index is 1570. The molecule has 43 heavy (non-hydrogen) atoms. The second-order valence-corrected chi connectivity index (χ2v) is 10.5. The molecule has 2 N–H and O–H groups in total. The molecule has 2 atom stereocenters. The van der Waals surface area contributed by atoms with Gasteiger partial charge in [0.05, 0.1) is 18.4 Å². The molecule has 10 heteroatoms. The zero-order valence-electron chi connectivity index (χ0n) is 23.7. The maximum Gasteiger partial charge on any atom is 0.330 e. The van der Waals surface area contributed by atoms with Gasteiger partial charge in [0.25, 0.3) is 5.56 Å². The minimum Gasteiger partial charge on any atom is -0.481 e. The molecule has 222 valence electrons. The van der Waals surface area contributed by atoms with Gasteiger partial charge >= 0.3 is 17.6 Å². The number of hydrogen-bond acceptors (Lipinski definition) is 7. The molecule has 1 aliphatic heterocycles. The van der Waals surface area contributed by atoms with Crippen LogP contribution in [0.3, 0.4) is 0 Å². The van der Waals surface area contributed by atoms with Gasteiger partial charge in [0.1, 0.15) is 12.7 Å². The zero-order valence-corrected chi connectivity index (χ0v) is 23.7. The van der Waals surface area contributed by atoms with Gasteiger partial charge in [-0.2, -0.15) is 0 Å². The third-order valence-electron chi connectivity index (χ3n) is 7.65. The van der Waals surface area contributed by atoms with Gasteiger partial charge in [-0.1, -0.05) is 91.0 Å². The molecule has 4 aromatic rings. The van der Waals surface area contributed by atoms with Crippen LogP contribution >= 0.6 is 0 Å². The number of hydrogen-bond donors (Lipinski definition) is 2. The summed E-state index contributed by atoms with van der Waals surface area (Å²) in [4.78, 5) is 54.4. The lowest BCUT2D eigenvalue weighted by Crippen LogP contribution is -2.59. The van der Waals surface area contributed by atoms with E-state index in [0.29, 0.717) is 5.56 Å². The average molecular weight is 584 g/mol. The highest BCUT2D eigenvalue weighted by molar-refractivity contribution is 5.76. The van der Waals surface area contributed by atoms with Gasteiger partial charge in [-0.15, -0.1) is 0 Å². The van der Waals surface area contributed by atoms with Crippen molar-refractivity contribution in [3.05, 3.63) is 140 Å². The highest BCUT2D eigenvalue weighted by Crippen LogP contribution is 2.44. The molecule has 5 rings (SSSR count). The number of aliphatic carboxylic acids is 1. The van der Waals surface area contributed by atoms with Crippen molar-refractivity contribution in [2.24, 2.45) is 0 Å². The molecular weight excluding hydrogens is 550 g/mol. The number of H-pyrrole nitrogens is 1. The number of ether oxygens (including phenoxy) is 2. The standard InChI is InChI=1S/C33H33N3O7/c1-23-19-34-32(41)36(31(23)40)28-21-35(20-27(43-28)22-42-30(39)18-17-29(37)38)33(24-11-5-2-6-12-24,25-13-7-3-8-14-25)26-15-9-4-10-16-26/h2-16,19,27-28H,17-18,20-22H2,1H3,(H,34,41)(H,37,38)/t27-,28+/m0/s1. The number of carboxylic acid groups (broad SMARTS) is 1. The highest BCUT2D eigenvalue weighted by atomic mass is 16.6. The van der Waals surface area contributed by atoms with Crippen molar-refractivity contribution in [3.8, 4) is 0 Å². The van der Waals surface area contributed by atoms with Crippen molar-refractivity contribution >= 4 is 11.9 Å². The van der Waals surface area contributed by atoms with E-state index in [0.717, 1.165) is 21.3 Å². The van der Waals surface area contributed by atoms with Crippen LogP contribution in [0.4, 0.5) is 0 Å². The molecule has 10 nitrogen and oxygen atoms in total. The molecule has 0 saturated carbocycles. The van der Waals surface area contributed by atoms with Gasteiger partial charge in [0.15, 0.2) is 6.23 Å². The number of aryl methyl sites for hydroxylation is 1. The summed E-state index contributed by atoms with van der Waals surface area (Å²) >= 11 is 0. The maximum atomic E-state index is 13.3. The molecule has 0 unspecified atom stereocenters. The average Bonchev–Trinajstić information content (AvgIpc) is 3.03. The van der Waals surface area contributed by atoms with Gasteiger partial charge < -0.3 is 19.6 Å². The molecule has 2 heterocycles. The van der Waals surface area contributed by atoms with E-state index >= 15 is 0 Å². The lowest BCUT2D eigenvalue weighted by molar-refractivity contribution is -0.171. The summed E-state index contributed by atoms with van der Waals surface area (Å²) in [5, 5.41) is 8.96. The topological polar surface area (TPSA) is 131 Å². The van der Waals surface area contributed by atoms with Crippen LogP contribution in [0.15, 0.2) is 107 Å². The van der Waals surface area contributed by atoms with E-state index < -0.39 is 41.1 Å². The Morgan fingerprint density at radius 2 is 1.42 bits per heavy atom. The summed E-state index contributed by atoms with van der Waals surface area (Å²) in [5.41, 5.74) is 1.21. The van der Waals surface area contributed by atoms with Crippen molar-refractivity contribution in [1.29, 1.82) is 0 Å². The molecule has 0 bridgehead atoms. The Morgan fingerprint density at radius 3 is 1.93 bits per heavy atom. The summed E-state index contributed by atoms with van der Waals surface area (Å²) in [7, 11) is 0. The Kier molecular flexibility index (Phi) is 8.98. The molecule has 0 amide bonds. The second-order valence-electron chi connectivity index (χ2n) is 10.5. The lowest BCUT2D eigenvalue weighted by atomic mass is 9.75. The van der Waals surface area contributed by atoms with Crippen molar-refractivity contribution in [2.75, 3.05) is 19.7 Å². The van der Waals surface area contributed by atoms with E-state index in [-0.39, 0.29) is 32.5 Å². The van der Waals surface area contributed by atoms with Gasteiger partial charge in [-0.3, -0.25) is 19.3 Å². The first-order valence-electron chi connectivity index (χ1n) is 14.1. The number of carbonyl (C=O) groups is 2. The first kappa shape index (κ1) is 29.7. The van der Waals surface area contributed by atoms with E-state index in [2.05, 4.69) is 9.88 Å². The van der Waals surface area contributed by atoms with Crippen LogP contribution in [-0.4, -0.2) is 57.3 Å². The summed E-state index contributed by atoms with van der Waals surface area (Å²) in [6.07, 6.45) is -1.05. The predicted molar refractivity (Wildman–Crippen MR) is 159 cm³/mol. The fourth-order valence-corrected chi connectivity index (χ4v) is 5.72. The van der Waals surface area contributed by atoms with E-state index in [9.17, 15) is 19.2 Å². The normalized spacial score (nSPS) is 17.3. The molecule has 3 aromatic carbocycles. The Balaban J connectivity index is 1.66. The number of benzene rings is 3. The fourth-order valence-electron chi connectivity index (χ4n) is 5.72. The number of nitrogens with one attached hydrogen (secondary N) is 1. The smallest absolute Gasteiger partial charge is 0.330 e. The number of carboxylic acids is 1. The number of carbonyl (C=O) groups excluding carboxylic acids is 1. The fraction of sp³-hybridized carbons (Fsp3) is 0.273. The molecule has 0 aliphatic carbocycles. The molecule has 0 radical (unpaired) electrons. The van der Waals surface area contributed by atoms with Crippen molar-refractivity contribution in [2.45, 2.75) is 37.6 Å². The molecular formula is C33H33N3O7. The SMILES string of the molecule is Cc1c[nH]c(=O)n([C@H]2CN(C(c3ccccc3)(c3ccccc3)c3ccccc3)C[C@@H](COC(=O)CCC(=O)O)O2)c1=O. The second kappa shape index (κ2) is 13.0. The van der Waals surface area contributed by atoms with Crippen LogP contribution in [0.1, 0.15) is 41.3 Å². The Hall–Kier alpha value is -4.80. The van der Waals surface area contributed by atoms with Crippen LogP contribution < -0.4 is 11.2 Å². The minimum atomic E-state index is -1.10. The van der Waals surface area contributed by atoms with Crippen LogP contribution in [0, 0.1) is 6.92 Å². The van der Waals surface area contributed by atoms with E-state index in [4.69, 9.17) is 14.6 Å². The number of esters is 1. The summed E-state index contributed by atoms with van der Waals surface area (Å²) in [6.45, 7) is 1.83. The van der Waals surface area contributed by atoms with Crippen molar-refractivity contribution in [3.63, 3.8) is 0 Å². The molecule has 1 aliphatic rings. The first-order valence-corrected chi connectivity index (χ1v) is 14.1. The molecule has 1 aromatic heterocycles. The summed E-state index contributed by atoms with van der Waals surface area (Å²) in [5.74, 6) is -1.78. The number of morpholine rings is 1. The highest BCUT2D eigenvalue weighted by Gasteiger charge is 2.47. The Labute approximate surface area is 248 Å². The third-order valence-corrected chi connectivity index (χ3v) is 7.65. The van der Waals surface area contributed by atoms with E-state index in [1.165, 1.54) is 6.20 Å². The van der Waals surface area contributed by atoms with Gasteiger partial charge in [-0.05, 0) is 23.6 Å². The number of aromatic nitrogens is 2. The van der Waals surface area contributed by atoms with Gasteiger partial charge in [-0.25, -0.2) is 9.36 Å². The van der Waals surface area contributed by atoms with Gasteiger partial charge in [0, 0.05) is 24.8 Å². The van der Waals surface area contributed by atoms with E-state index in [1.54, 1.807) is 6.92 Å². The maximum absolute atomic E-state index is 13.3. The Morgan fingerprint density at radius 1 is 0.884 bits per heavy atom. The van der Waals surface area contributed by atoms with Crippen LogP contribution in [-0.2, 0) is 24.6 Å². The monoisotopic (exact) mass is 583 g/mol.